The number of hydrogen-bond acceptors (Lipinski definition) is 7. The Morgan fingerprint density at radius 1 is 0.936 bits per heavy atom. The summed E-state index contributed by atoms with van der Waals surface area (Å²) in [6, 6.07) is 13.5. The first kappa shape index (κ1) is 32.7. The second-order valence-electron chi connectivity index (χ2n) is 12.9. The van der Waals surface area contributed by atoms with Gasteiger partial charge in [-0.05, 0) is 56.2 Å². The lowest BCUT2D eigenvalue weighted by molar-refractivity contribution is -0.145. The molecule has 1 spiro atoms. The van der Waals surface area contributed by atoms with Crippen LogP contribution in [0, 0.1) is 25.7 Å². The zero-order valence-electron chi connectivity index (χ0n) is 27.0. The van der Waals surface area contributed by atoms with Crippen molar-refractivity contribution in [2.75, 3.05) is 31.2 Å². The van der Waals surface area contributed by atoms with E-state index in [1.54, 1.807) is 15.9 Å². The van der Waals surface area contributed by atoms with Gasteiger partial charge in [0.15, 0.2) is 0 Å². The molecule has 2 aromatic rings. The van der Waals surface area contributed by atoms with Crippen LogP contribution in [-0.4, -0.2) is 77.7 Å². The molecule has 2 N–H and O–H groups in total. The Morgan fingerprint density at radius 3 is 2.45 bits per heavy atom. The van der Waals surface area contributed by atoms with E-state index in [1.807, 2.05) is 80.6 Å². The number of anilines is 1. The molecule has 10 heteroatoms. The summed E-state index contributed by atoms with van der Waals surface area (Å²) in [4.78, 5) is 59.7. The highest BCUT2D eigenvalue weighted by Gasteiger charge is 2.73. The van der Waals surface area contributed by atoms with E-state index < -0.39 is 47.5 Å². The van der Waals surface area contributed by atoms with E-state index >= 15 is 4.79 Å². The lowest BCUT2D eigenvalue weighted by atomic mass is 9.74. The third-order valence-corrected chi connectivity index (χ3v) is 9.84. The van der Waals surface area contributed by atoms with Gasteiger partial charge in [0.2, 0.25) is 11.8 Å². The molecule has 2 saturated heterocycles. The standard InChI is InChI=1S/C37H43N3O7/c1-24-13-12-14-25(2)32(24)39-20-9-4-8-17-29(42)46-23-27(26-15-6-3-7-16-26)38-34(43)30-28-18-19-37(47-28)31(30)35(44)40(33(37)36(39)45)21-10-5-11-22-41/h3-4,6-7,9,12-16,18-19,27-28,30-31,33,41H,5,8,10-11,17,20-23H2,1-2H3,(H,38,43)/b9-4-/t27-,28-,30+,31+,33-,37+/m1/s1. The lowest BCUT2D eigenvalue weighted by Crippen LogP contribution is -2.56. The van der Waals surface area contributed by atoms with Gasteiger partial charge in [-0.25, -0.2) is 0 Å². The molecule has 0 radical (unpaired) electrons. The number of aryl methyl sites for hydroxylation is 2. The number of ether oxygens (including phenoxy) is 2. The van der Waals surface area contributed by atoms with Gasteiger partial charge in [0.05, 0.1) is 24.0 Å². The number of fused-ring (bicyclic) bond motifs is 2. The SMILES string of the molecule is Cc1cccc(C)c1N1C/C=C\CCC(=O)OC[C@H](c2ccccc2)NC(=O)[C@@H]2[C@H]3C(=O)N(CCCCCO)[C@H](C1=O)[C@]31C=C[C@H]2O1. The molecular weight excluding hydrogens is 598 g/mol. The highest BCUT2D eigenvalue weighted by atomic mass is 16.5. The summed E-state index contributed by atoms with van der Waals surface area (Å²) >= 11 is 0. The van der Waals surface area contributed by atoms with Crippen LogP contribution in [0.1, 0.15) is 54.8 Å². The van der Waals surface area contributed by atoms with Crippen molar-refractivity contribution in [3.63, 3.8) is 0 Å². The Kier molecular flexibility index (Phi) is 9.61. The number of para-hydroxylation sites is 1. The van der Waals surface area contributed by atoms with Gasteiger partial charge < -0.3 is 29.7 Å². The van der Waals surface area contributed by atoms with Gasteiger partial charge >= 0.3 is 5.97 Å². The van der Waals surface area contributed by atoms with Crippen LogP contribution in [0.4, 0.5) is 5.69 Å². The molecule has 47 heavy (non-hydrogen) atoms. The Balaban J connectivity index is 1.43. The highest BCUT2D eigenvalue weighted by Crippen LogP contribution is 2.55. The van der Waals surface area contributed by atoms with Crippen molar-refractivity contribution in [3.05, 3.63) is 89.5 Å². The van der Waals surface area contributed by atoms with Crippen LogP contribution in [0.3, 0.4) is 0 Å². The third-order valence-electron chi connectivity index (χ3n) is 9.84. The number of rotatable bonds is 7. The van der Waals surface area contributed by atoms with Crippen LogP contribution in [0.5, 0.6) is 0 Å². The summed E-state index contributed by atoms with van der Waals surface area (Å²) in [5.41, 5.74) is 2.01. The maximum atomic E-state index is 15.0. The molecule has 0 unspecified atom stereocenters. The Labute approximate surface area is 275 Å². The fourth-order valence-electron chi connectivity index (χ4n) is 7.65. The number of hydrogen-bond donors (Lipinski definition) is 2. The molecular formula is C37H43N3O7. The first-order chi connectivity index (χ1) is 22.8. The zero-order chi connectivity index (χ0) is 33.1. The number of benzene rings is 2. The number of allylic oxidation sites excluding steroid dienone is 1. The van der Waals surface area contributed by atoms with E-state index in [4.69, 9.17) is 9.47 Å². The minimum absolute atomic E-state index is 0.0448. The van der Waals surface area contributed by atoms with Crippen molar-refractivity contribution in [1.29, 1.82) is 0 Å². The third kappa shape index (κ3) is 6.12. The fraction of sp³-hybridized carbons (Fsp3) is 0.459. The number of aliphatic hydroxyl groups excluding tert-OH is 1. The Morgan fingerprint density at radius 2 is 1.70 bits per heavy atom. The number of likely N-dealkylation sites (tertiary alicyclic amines) is 1. The molecule has 0 aromatic heterocycles. The van der Waals surface area contributed by atoms with Gasteiger partial charge in [0.25, 0.3) is 5.91 Å². The van der Waals surface area contributed by atoms with Crippen molar-refractivity contribution < 1.29 is 33.8 Å². The normalized spacial score (nSPS) is 30.0. The number of esters is 1. The van der Waals surface area contributed by atoms with Gasteiger partial charge in [-0.2, -0.15) is 0 Å². The molecule has 6 rings (SSSR count). The molecule has 0 aliphatic carbocycles. The first-order valence-electron chi connectivity index (χ1n) is 16.6. The number of amides is 3. The van der Waals surface area contributed by atoms with E-state index in [0.29, 0.717) is 32.2 Å². The van der Waals surface area contributed by atoms with Gasteiger partial charge in [0, 0.05) is 31.8 Å². The number of cyclic esters (lactones) is 1. The predicted molar refractivity (Wildman–Crippen MR) is 175 cm³/mol. The van der Waals surface area contributed by atoms with Crippen LogP contribution in [0.2, 0.25) is 0 Å². The zero-order valence-corrected chi connectivity index (χ0v) is 27.0. The monoisotopic (exact) mass is 641 g/mol. The molecule has 5 bridgehead atoms. The summed E-state index contributed by atoms with van der Waals surface area (Å²) in [6.07, 6.45) is 9.09. The first-order valence-corrected chi connectivity index (χ1v) is 16.6. The maximum Gasteiger partial charge on any atom is 0.306 e. The molecule has 10 nitrogen and oxygen atoms in total. The van der Waals surface area contributed by atoms with Crippen molar-refractivity contribution in [3.8, 4) is 0 Å². The minimum Gasteiger partial charge on any atom is -0.463 e. The van der Waals surface area contributed by atoms with Crippen LogP contribution >= 0.6 is 0 Å². The Hall–Kier alpha value is -4.28. The second-order valence-corrected chi connectivity index (χ2v) is 12.9. The summed E-state index contributed by atoms with van der Waals surface area (Å²) in [6.45, 7) is 4.40. The van der Waals surface area contributed by atoms with Gasteiger partial charge in [-0.1, -0.05) is 72.8 Å². The predicted octanol–water partition coefficient (Wildman–Crippen LogP) is 3.70. The molecule has 4 aliphatic heterocycles. The van der Waals surface area contributed by atoms with Crippen molar-refractivity contribution in [1.82, 2.24) is 10.2 Å². The number of nitrogens with zero attached hydrogens (tertiary/aromatic N) is 2. The average Bonchev–Trinajstić information content (AvgIpc) is 3.71. The van der Waals surface area contributed by atoms with Crippen molar-refractivity contribution in [2.45, 2.75) is 69.7 Å². The molecule has 4 aliphatic rings. The van der Waals surface area contributed by atoms with Crippen LogP contribution in [0.15, 0.2) is 72.8 Å². The molecule has 248 valence electrons. The van der Waals surface area contributed by atoms with Crippen LogP contribution < -0.4 is 10.2 Å². The second kappa shape index (κ2) is 13.8. The molecule has 6 atom stereocenters. The highest BCUT2D eigenvalue weighted by molar-refractivity contribution is 6.06. The van der Waals surface area contributed by atoms with Crippen molar-refractivity contribution >= 4 is 29.4 Å². The maximum absolute atomic E-state index is 15.0. The van der Waals surface area contributed by atoms with Crippen LogP contribution in [-0.2, 0) is 28.7 Å². The van der Waals surface area contributed by atoms with E-state index in [2.05, 4.69) is 5.32 Å². The fourth-order valence-corrected chi connectivity index (χ4v) is 7.65. The Bertz CT molecular complexity index is 1550. The summed E-state index contributed by atoms with van der Waals surface area (Å²) in [5, 5.41) is 12.4. The largest absolute Gasteiger partial charge is 0.463 e. The molecule has 2 fully saturated rings. The topological polar surface area (TPSA) is 125 Å². The lowest BCUT2D eigenvalue weighted by Gasteiger charge is -2.37. The minimum atomic E-state index is -1.32. The molecule has 4 heterocycles. The number of aliphatic hydroxyl groups is 1. The van der Waals surface area contributed by atoms with E-state index in [1.165, 1.54) is 0 Å². The number of nitrogens with one attached hydrogen (secondary N) is 1. The van der Waals surface area contributed by atoms with E-state index in [-0.39, 0.29) is 38.0 Å². The number of carbonyl (C=O) groups excluding carboxylic acids is 4. The summed E-state index contributed by atoms with van der Waals surface area (Å²) in [7, 11) is 0. The average molecular weight is 642 g/mol. The summed E-state index contributed by atoms with van der Waals surface area (Å²) in [5.74, 6) is -3.16. The quantitative estimate of drug-likeness (QED) is 0.268. The molecule has 2 aromatic carbocycles. The van der Waals surface area contributed by atoms with Gasteiger partial charge in [-0.15, -0.1) is 0 Å². The molecule has 0 saturated carbocycles. The van der Waals surface area contributed by atoms with E-state index in [9.17, 15) is 19.5 Å². The van der Waals surface area contributed by atoms with Gasteiger partial charge in [-0.3, -0.25) is 19.2 Å². The van der Waals surface area contributed by atoms with Crippen molar-refractivity contribution in [2.24, 2.45) is 11.8 Å². The molecule has 3 amide bonds. The number of carbonyl (C=O) groups is 4. The summed E-state index contributed by atoms with van der Waals surface area (Å²) < 4.78 is 12.2. The number of unbranched alkanes of at least 4 members (excludes halogenated alkanes) is 2. The smallest absolute Gasteiger partial charge is 0.306 e. The van der Waals surface area contributed by atoms with Crippen LogP contribution in [0.25, 0.3) is 0 Å². The van der Waals surface area contributed by atoms with E-state index in [0.717, 1.165) is 22.4 Å². The van der Waals surface area contributed by atoms with Gasteiger partial charge in [0.1, 0.15) is 18.2 Å².